The van der Waals surface area contributed by atoms with Crippen molar-refractivity contribution in [2.45, 2.75) is 6.10 Å². The van der Waals surface area contributed by atoms with Crippen molar-refractivity contribution in [2.24, 2.45) is 0 Å². The Labute approximate surface area is 98.5 Å². The first-order chi connectivity index (χ1) is 8.31. The second-order valence-corrected chi connectivity index (χ2v) is 3.86. The lowest BCUT2D eigenvalue weighted by molar-refractivity contribution is 0.257. The first-order valence-corrected chi connectivity index (χ1v) is 5.29. The van der Waals surface area contributed by atoms with Gasteiger partial charge < -0.3 is 9.84 Å². The number of nitriles is 1. The Balaban J connectivity index is 2.33. The monoisotopic (exact) mass is 223 g/mol. The maximum absolute atomic E-state index is 9.90. The number of phenols is 1. The van der Waals surface area contributed by atoms with Gasteiger partial charge in [-0.25, -0.2) is 0 Å². The predicted molar refractivity (Wildman–Crippen MR) is 62.5 cm³/mol. The topological polar surface area (TPSA) is 53.2 Å². The zero-order valence-corrected chi connectivity index (χ0v) is 8.92. The minimum Gasteiger partial charge on any atom is -0.507 e. The number of hydrogen-bond donors (Lipinski definition) is 1. The third kappa shape index (κ3) is 1.35. The van der Waals surface area contributed by atoms with Gasteiger partial charge in [-0.2, -0.15) is 5.26 Å². The van der Waals surface area contributed by atoms with Crippen LogP contribution in [0.4, 0.5) is 0 Å². The van der Waals surface area contributed by atoms with E-state index in [0.717, 1.165) is 11.1 Å². The van der Waals surface area contributed by atoms with Crippen molar-refractivity contribution < 1.29 is 9.84 Å². The van der Waals surface area contributed by atoms with Gasteiger partial charge in [-0.1, -0.05) is 30.3 Å². The highest BCUT2D eigenvalue weighted by atomic mass is 16.5. The molecular formula is C14H9NO2. The van der Waals surface area contributed by atoms with Crippen LogP contribution in [0.15, 0.2) is 42.5 Å². The van der Waals surface area contributed by atoms with Crippen LogP contribution in [0.2, 0.25) is 0 Å². The lowest BCUT2D eigenvalue weighted by Gasteiger charge is -2.24. The minimum atomic E-state index is -0.611. The molecular weight excluding hydrogens is 214 g/mol. The summed E-state index contributed by atoms with van der Waals surface area (Å²) in [4.78, 5) is 0. The molecule has 82 valence electrons. The maximum Gasteiger partial charge on any atom is 0.210 e. The van der Waals surface area contributed by atoms with Crippen LogP contribution in [0.1, 0.15) is 11.7 Å². The van der Waals surface area contributed by atoms with E-state index in [1.54, 1.807) is 18.2 Å². The molecule has 1 N–H and O–H groups in total. The summed E-state index contributed by atoms with van der Waals surface area (Å²) >= 11 is 0. The van der Waals surface area contributed by atoms with Gasteiger partial charge in [-0.3, -0.25) is 0 Å². The van der Waals surface area contributed by atoms with Crippen LogP contribution in [0.3, 0.4) is 0 Å². The molecule has 0 saturated heterocycles. The molecule has 3 nitrogen and oxygen atoms in total. The van der Waals surface area contributed by atoms with Gasteiger partial charge in [-0.15, -0.1) is 0 Å². The fraction of sp³-hybridized carbons (Fsp3) is 0.0714. The van der Waals surface area contributed by atoms with Crippen molar-refractivity contribution in [2.75, 3.05) is 0 Å². The molecule has 17 heavy (non-hydrogen) atoms. The zero-order chi connectivity index (χ0) is 11.8. The van der Waals surface area contributed by atoms with Crippen molar-refractivity contribution >= 4 is 0 Å². The van der Waals surface area contributed by atoms with Crippen LogP contribution in [0.5, 0.6) is 11.5 Å². The average molecular weight is 223 g/mol. The molecule has 1 unspecified atom stereocenters. The molecule has 0 aliphatic carbocycles. The summed E-state index contributed by atoms with van der Waals surface area (Å²) in [5.74, 6) is 0.724. The number of fused-ring (bicyclic) bond motifs is 3. The van der Waals surface area contributed by atoms with Gasteiger partial charge in [0.1, 0.15) is 17.6 Å². The Morgan fingerprint density at radius 2 is 1.94 bits per heavy atom. The van der Waals surface area contributed by atoms with Gasteiger partial charge in [-0.05, 0) is 17.7 Å². The zero-order valence-electron chi connectivity index (χ0n) is 8.92. The van der Waals surface area contributed by atoms with E-state index < -0.39 is 6.10 Å². The molecule has 1 heterocycles. The van der Waals surface area contributed by atoms with Gasteiger partial charge in [0.2, 0.25) is 6.10 Å². The standard InChI is InChI=1S/C14H9NO2/c15-8-13-9-4-1-2-5-10(9)14-11(16)6-3-7-12(14)17-13/h1-7,13,16H. The summed E-state index contributed by atoms with van der Waals surface area (Å²) in [5, 5.41) is 19.0. The molecule has 1 aliphatic rings. The third-order valence-electron chi connectivity index (χ3n) is 2.88. The van der Waals surface area contributed by atoms with E-state index in [9.17, 15) is 5.11 Å². The van der Waals surface area contributed by atoms with E-state index in [0.29, 0.717) is 11.3 Å². The third-order valence-corrected chi connectivity index (χ3v) is 2.88. The van der Waals surface area contributed by atoms with E-state index in [-0.39, 0.29) is 5.75 Å². The van der Waals surface area contributed by atoms with E-state index >= 15 is 0 Å². The maximum atomic E-state index is 9.90. The number of nitrogens with zero attached hydrogens (tertiary/aromatic N) is 1. The number of benzene rings is 2. The summed E-state index contributed by atoms with van der Waals surface area (Å²) < 4.78 is 5.57. The molecule has 0 fully saturated rings. The van der Waals surface area contributed by atoms with Crippen molar-refractivity contribution in [3.63, 3.8) is 0 Å². The normalized spacial score (nSPS) is 16.3. The van der Waals surface area contributed by atoms with E-state index in [1.165, 1.54) is 0 Å². The average Bonchev–Trinajstić information content (AvgIpc) is 2.37. The highest BCUT2D eigenvalue weighted by Gasteiger charge is 2.27. The molecule has 0 radical (unpaired) electrons. The first-order valence-electron chi connectivity index (χ1n) is 5.29. The van der Waals surface area contributed by atoms with Crippen molar-refractivity contribution in [1.82, 2.24) is 0 Å². The number of rotatable bonds is 0. The van der Waals surface area contributed by atoms with Gasteiger partial charge in [0.25, 0.3) is 0 Å². The van der Waals surface area contributed by atoms with Gasteiger partial charge in [0, 0.05) is 5.56 Å². The molecule has 2 aromatic carbocycles. The molecule has 3 rings (SSSR count). The summed E-state index contributed by atoms with van der Waals surface area (Å²) in [6.45, 7) is 0. The summed E-state index contributed by atoms with van der Waals surface area (Å²) in [6.07, 6.45) is -0.611. The number of ether oxygens (including phenoxy) is 1. The molecule has 1 aliphatic heterocycles. The minimum absolute atomic E-state index is 0.173. The Bertz CT molecular complexity index is 628. The molecule has 1 atom stereocenters. The van der Waals surface area contributed by atoms with Gasteiger partial charge >= 0.3 is 0 Å². The second kappa shape index (κ2) is 3.53. The fourth-order valence-corrected chi connectivity index (χ4v) is 2.13. The van der Waals surface area contributed by atoms with E-state index in [1.807, 2.05) is 24.3 Å². The Kier molecular flexibility index (Phi) is 2.02. The van der Waals surface area contributed by atoms with Crippen molar-refractivity contribution in [3.8, 4) is 28.7 Å². The van der Waals surface area contributed by atoms with Crippen molar-refractivity contribution in [3.05, 3.63) is 48.0 Å². The highest BCUT2D eigenvalue weighted by Crippen LogP contribution is 2.46. The quantitative estimate of drug-likeness (QED) is 0.746. The van der Waals surface area contributed by atoms with Crippen LogP contribution >= 0.6 is 0 Å². The lowest BCUT2D eigenvalue weighted by Crippen LogP contribution is -2.12. The van der Waals surface area contributed by atoms with Gasteiger partial charge in [0.15, 0.2) is 0 Å². The SMILES string of the molecule is N#CC1Oc2cccc(O)c2-c2ccccc21. The fourth-order valence-electron chi connectivity index (χ4n) is 2.13. The number of hydrogen-bond acceptors (Lipinski definition) is 3. The Hall–Kier alpha value is -2.47. The first kappa shape index (κ1) is 9.73. The largest absolute Gasteiger partial charge is 0.507 e. The predicted octanol–water partition coefficient (Wildman–Crippen LogP) is 3.02. The molecule has 0 aromatic heterocycles. The molecule has 0 saturated carbocycles. The lowest BCUT2D eigenvalue weighted by atomic mass is 9.93. The molecule has 0 spiro atoms. The van der Waals surface area contributed by atoms with Crippen LogP contribution in [0, 0.1) is 11.3 Å². The smallest absolute Gasteiger partial charge is 0.210 e. The summed E-state index contributed by atoms with van der Waals surface area (Å²) in [5.41, 5.74) is 2.32. The van der Waals surface area contributed by atoms with E-state index in [2.05, 4.69) is 6.07 Å². The van der Waals surface area contributed by atoms with Gasteiger partial charge in [0.05, 0.1) is 5.56 Å². The molecule has 0 bridgehead atoms. The number of aromatic hydroxyl groups is 1. The highest BCUT2D eigenvalue weighted by molar-refractivity contribution is 5.81. The van der Waals surface area contributed by atoms with E-state index in [4.69, 9.17) is 10.00 Å². The Morgan fingerprint density at radius 3 is 2.76 bits per heavy atom. The Morgan fingerprint density at radius 1 is 1.12 bits per heavy atom. The second-order valence-electron chi connectivity index (χ2n) is 3.86. The van der Waals surface area contributed by atoms with Crippen LogP contribution < -0.4 is 4.74 Å². The molecule has 2 aromatic rings. The summed E-state index contributed by atoms with van der Waals surface area (Å²) in [7, 11) is 0. The molecule has 3 heteroatoms. The van der Waals surface area contributed by atoms with Crippen LogP contribution in [-0.2, 0) is 0 Å². The number of phenolic OH excluding ortho intramolecular Hbond substituents is 1. The summed E-state index contributed by atoms with van der Waals surface area (Å²) in [6, 6.07) is 14.7. The van der Waals surface area contributed by atoms with Crippen LogP contribution in [0.25, 0.3) is 11.1 Å². The van der Waals surface area contributed by atoms with Crippen LogP contribution in [-0.4, -0.2) is 5.11 Å². The van der Waals surface area contributed by atoms with Crippen molar-refractivity contribution in [1.29, 1.82) is 5.26 Å². The molecule has 0 amide bonds.